The molecule has 2 aliphatic heterocycles. The lowest BCUT2D eigenvalue weighted by Gasteiger charge is -2.38. The molecule has 2 saturated heterocycles. The van der Waals surface area contributed by atoms with Crippen molar-refractivity contribution in [2.24, 2.45) is 11.3 Å². The minimum absolute atomic E-state index is 0.0165. The van der Waals surface area contributed by atoms with E-state index in [4.69, 9.17) is 4.74 Å². The van der Waals surface area contributed by atoms with Gasteiger partial charge in [-0.05, 0) is 30.6 Å². The molecule has 5 atom stereocenters. The van der Waals surface area contributed by atoms with Crippen LogP contribution in [0.25, 0.3) is 0 Å². The molecule has 0 spiro atoms. The van der Waals surface area contributed by atoms with Crippen LogP contribution < -0.4 is 21.3 Å². The number of hydrogen-bond acceptors (Lipinski definition) is 9. The van der Waals surface area contributed by atoms with Crippen molar-refractivity contribution in [1.82, 2.24) is 31.1 Å². The number of amides is 4. The average Bonchev–Trinajstić information content (AvgIpc) is 3.59. The molecule has 0 saturated carbocycles. The third kappa shape index (κ3) is 11.6. The van der Waals surface area contributed by atoms with Gasteiger partial charge in [-0.15, -0.1) is 6.58 Å². The Kier molecular flexibility index (Phi) is 13.8. The lowest BCUT2D eigenvalue weighted by atomic mass is 9.85. The van der Waals surface area contributed by atoms with Gasteiger partial charge < -0.3 is 30.3 Å². The first kappa shape index (κ1) is 37.9. The molecule has 0 aromatic carbocycles. The second kappa shape index (κ2) is 16.4. The molecule has 0 aliphatic carbocycles. The summed E-state index contributed by atoms with van der Waals surface area (Å²) in [6.45, 7) is 13.5. The Morgan fingerprint density at radius 3 is 2.33 bits per heavy atom. The molecule has 5 N–H and O–H groups in total. The van der Waals surface area contributed by atoms with Crippen LogP contribution in [0.15, 0.2) is 12.7 Å². The maximum Gasteiger partial charge on any atom is 0.409 e. The highest BCUT2D eigenvalue weighted by atomic mass is 19.4. The fourth-order valence-electron chi connectivity index (χ4n) is 5.11. The summed E-state index contributed by atoms with van der Waals surface area (Å²) in [5.74, 6) is -3.82. The Labute approximate surface area is 261 Å². The molecule has 2 rings (SSSR count). The summed E-state index contributed by atoms with van der Waals surface area (Å²) in [6, 6.07) is -4.26. The first-order valence-electron chi connectivity index (χ1n) is 15.1. The number of aliphatic hydroxyl groups excluding tert-OH is 1. The fourth-order valence-corrected chi connectivity index (χ4v) is 5.11. The number of hydrogen-bond donors (Lipinski definition) is 5. The van der Waals surface area contributed by atoms with Gasteiger partial charge in [0.1, 0.15) is 12.6 Å². The zero-order valence-electron chi connectivity index (χ0n) is 26.5. The predicted octanol–water partition coefficient (Wildman–Crippen LogP) is 1.02. The summed E-state index contributed by atoms with van der Waals surface area (Å²) < 4.78 is 43.9. The van der Waals surface area contributed by atoms with Crippen molar-refractivity contribution in [3.8, 4) is 0 Å². The second-order valence-electron chi connectivity index (χ2n) is 12.7. The molecular formula is C29H47F3N6O7. The molecule has 0 aromatic rings. The quantitative estimate of drug-likeness (QED) is 0.0932. The van der Waals surface area contributed by atoms with Crippen molar-refractivity contribution in [2.75, 3.05) is 32.8 Å². The van der Waals surface area contributed by atoms with Gasteiger partial charge in [-0.25, -0.2) is 4.79 Å². The largest absolute Gasteiger partial charge is 0.448 e. The van der Waals surface area contributed by atoms with Gasteiger partial charge in [-0.2, -0.15) is 13.2 Å². The molecule has 256 valence electrons. The molecule has 45 heavy (non-hydrogen) atoms. The molecule has 4 amide bonds. The zero-order valence-corrected chi connectivity index (χ0v) is 26.5. The van der Waals surface area contributed by atoms with Crippen LogP contribution in [-0.4, -0.2) is 114 Å². The number of carbonyl (C=O) groups excluding carboxylic acids is 5. The number of nitrogens with zero attached hydrogens (tertiary/aromatic N) is 2. The van der Waals surface area contributed by atoms with E-state index in [9.17, 15) is 42.3 Å². The number of nitrogens with one attached hydrogen (secondary N) is 4. The SMILES string of the molecule is C=CCNC(=O)C(=O)C(CCC(F)(F)F)NC(=O)[C@@H]1CCCN1C(=O)[C@@H](NC(O)N[C@H](CN1CCOC1=O)C(C)C)C(C)(C)C. The Morgan fingerprint density at radius 2 is 1.80 bits per heavy atom. The molecule has 0 radical (unpaired) electrons. The number of carbonyl (C=O) groups is 5. The molecule has 2 heterocycles. The lowest BCUT2D eigenvalue weighted by molar-refractivity contribution is -0.147. The van der Waals surface area contributed by atoms with Gasteiger partial charge in [0.2, 0.25) is 17.6 Å². The third-order valence-corrected chi connectivity index (χ3v) is 7.69. The van der Waals surface area contributed by atoms with Crippen LogP contribution in [0.2, 0.25) is 0 Å². The van der Waals surface area contributed by atoms with E-state index >= 15 is 0 Å². The molecule has 2 aliphatic rings. The number of aliphatic hydroxyl groups is 1. The highest BCUT2D eigenvalue weighted by Gasteiger charge is 2.43. The van der Waals surface area contributed by atoms with Crippen LogP contribution in [0.5, 0.6) is 0 Å². The van der Waals surface area contributed by atoms with Gasteiger partial charge in [-0.1, -0.05) is 40.7 Å². The van der Waals surface area contributed by atoms with Gasteiger partial charge in [-0.3, -0.25) is 29.8 Å². The van der Waals surface area contributed by atoms with Gasteiger partial charge in [0.25, 0.3) is 5.91 Å². The minimum Gasteiger partial charge on any atom is -0.448 e. The molecule has 0 bridgehead atoms. The average molecular weight is 649 g/mol. The van der Waals surface area contributed by atoms with Crippen molar-refractivity contribution in [3.63, 3.8) is 0 Å². The number of ether oxygens (including phenoxy) is 1. The van der Waals surface area contributed by atoms with Gasteiger partial charge in [0.05, 0.1) is 18.6 Å². The summed E-state index contributed by atoms with van der Waals surface area (Å²) in [5.41, 5.74) is -0.774. The first-order chi connectivity index (χ1) is 20.9. The van der Waals surface area contributed by atoms with E-state index in [0.717, 1.165) is 0 Å². The highest BCUT2D eigenvalue weighted by molar-refractivity contribution is 6.38. The Bertz CT molecular complexity index is 1080. The number of ketones is 1. The fraction of sp³-hybridized carbons (Fsp3) is 0.759. The number of Topliss-reactive ketones (excluding diaryl/α,β-unsaturated/α-hetero) is 1. The summed E-state index contributed by atoms with van der Waals surface area (Å²) in [4.78, 5) is 66.8. The second-order valence-corrected chi connectivity index (χ2v) is 12.7. The first-order valence-corrected chi connectivity index (χ1v) is 15.1. The molecule has 16 heteroatoms. The van der Waals surface area contributed by atoms with Crippen LogP contribution >= 0.6 is 0 Å². The predicted molar refractivity (Wildman–Crippen MR) is 157 cm³/mol. The zero-order chi connectivity index (χ0) is 34.1. The van der Waals surface area contributed by atoms with Crippen molar-refractivity contribution >= 4 is 29.6 Å². The van der Waals surface area contributed by atoms with Crippen LogP contribution in [0.1, 0.15) is 60.3 Å². The normalized spacial score (nSPS) is 20.0. The summed E-state index contributed by atoms with van der Waals surface area (Å²) in [7, 11) is 0. The van der Waals surface area contributed by atoms with Gasteiger partial charge in [0.15, 0.2) is 6.35 Å². The summed E-state index contributed by atoms with van der Waals surface area (Å²) in [6.07, 6.45) is -6.88. The maximum absolute atomic E-state index is 13.9. The Morgan fingerprint density at radius 1 is 1.13 bits per heavy atom. The van der Waals surface area contributed by atoms with Crippen molar-refractivity contribution in [3.05, 3.63) is 12.7 Å². The van der Waals surface area contributed by atoms with E-state index in [0.29, 0.717) is 13.0 Å². The van der Waals surface area contributed by atoms with Crippen LogP contribution in [0.4, 0.5) is 18.0 Å². The number of halogens is 3. The molecule has 2 unspecified atom stereocenters. The standard InChI is InChI=1S/C29H47F3N6O7/c1-7-12-33-24(41)21(39)18(10-11-29(30,31)32)34-23(40)20-9-8-13-38(20)25(42)22(28(4,5)6)36-26(43)35-19(17(2)3)16-37-14-15-45-27(37)44/h7,17-20,22,26,35-36,43H,1,8-16H2,2-6H3,(H,33,41)(H,34,40)/t18?,19-,20+,22-,26?/m1/s1. The van der Waals surface area contributed by atoms with Crippen LogP contribution in [0, 0.1) is 11.3 Å². The molecule has 2 fully saturated rings. The van der Waals surface area contributed by atoms with E-state index in [1.807, 2.05) is 13.8 Å². The van der Waals surface area contributed by atoms with E-state index in [1.54, 1.807) is 20.8 Å². The van der Waals surface area contributed by atoms with E-state index in [1.165, 1.54) is 15.9 Å². The van der Waals surface area contributed by atoms with Gasteiger partial charge >= 0.3 is 12.3 Å². The van der Waals surface area contributed by atoms with Crippen molar-refractivity contribution in [1.29, 1.82) is 0 Å². The topological polar surface area (TPSA) is 169 Å². The van der Waals surface area contributed by atoms with Crippen LogP contribution in [-0.2, 0) is 23.9 Å². The number of alkyl halides is 3. The Balaban J connectivity index is 2.18. The monoisotopic (exact) mass is 648 g/mol. The van der Waals surface area contributed by atoms with Crippen molar-refractivity contribution in [2.45, 2.75) is 97.0 Å². The number of cyclic esters (lactones) is 1. The Hall–Kier alpha value is -3.24. The third-order valence-electron chi connectivity index (χ3n) is 7.69. The van der Waals surface area contributed by atoms with E-state index in [2.05, 4.69) is 27.8 Å². The summed E-state index contributed by atoms with van der Waals surface area (Å²) in [5, 5.41) is 21.3. The number of likely N-dealkylation sites (tertiary alicyclic amines) is 1. The van der Waals surface area contributed by atoms with E-state index < -0.39 is 78.5 Å². The minimum atomic E-state index is -4.64. The molecule has 13 nitrogen and oxygen atoms in total. The maximum atomic E-state index is 13.9. The summed E-state index contributed by atoms with van der Waals surface area (Å²) >= 11 is 0. The van der Waals surface area contributed by atoms with Crippen LogP contribution in [0.3, 0.4) is 0 Å². The number of rotatable bonds is 16. The lowest BCUT2D eigenvalue weighted by Crippen LogP contribution is -2.63. The molecular weight excluding hydrogens is 601 g/mol. The van der Waals surface area contributed by atoms with E-state index in [-0.39, 0.29) is 44.6 Å². The van der Waals surface area contributed by atoms with Gasteiger partial charge in [0, 0.05) is 32.1 Å². The molecule has 0 aromatic heterocycles. The highest BCUT2D eigenvalue weighted by Crippen LogP contribution is 2.27. The van der Waals surface area contributed by atoms with Crippen molar-refractivity contribution < 1.29 is 47.0 Å². The smallest absolute Gasteiger partial charge is 0.409 e.